The number of rotatable bonds is 7. The number of benzene rings is 2. The summed E-state index contributed by atoms with van der Waals surface area (Å²) in [4.78, 5) is 6.56. The largest absolute Gasteiger partial charge is 0.796 e. The lowest BCUT2D eigenvalue weighted by molar-refractivity contribution is 0.426. The zero-order valence-corrected chi connectivity index (χ0v) is 13.2. The molecule has 0 radical (unpaired) electrons. The van der Waals surface area contributed by atoms with E-state index < -0.39 is 7.47 Å². The molecule has 0 fully saturated rings. The molecule has 0 atom stereocenters. The number of hydrogen-bond acceptors (Lipinski definition) is 3. The van der Waals surface area contributed by atoms with Gasteiger partial charge in [-0.3, -0.25) is 4.99 Å². The van der Waals surface area contributed by atoms with Crippen LogP contribution in [0, 0.1) is 0 Å². The van der Waals surface area contributed by atoms with E-state index in [0.29, 0.717) is 5.56 Å². The monoisotopic (exact) mass is 316 g/mol. The van der Waals surface area contributed by atoms with Crippen LogP contribution in [0.4, 0.5) is 20.0 Å². The van der Waals surface area contributed by atoms with Crippen molar-refractivity contribution in [2.75, 3.05) is 18.0 Å². The maximum Gasteiger partial charge on any atom is 0.796 e. The molecule has 0 bridgehead atoms. The van der Waals surface area contributed by atoms with E-state index in [1.165, 1.54) is 12.3 Å². The number of aliphatic imine (C=N–C) groups is 1. The highest BCUT2D eigenvalue weighted by molar-refractivity contribution is 6.35. The number of anilines is 1. The van der Waals surface area contributed by atoms with Crippen LogP contribution in [0.2, 0.25) is 0 Å². The topological polar surface area (TPSA) is 24.8 Å². The van der Waals surface area contributed by atoms with Crippen LogP contribution in [0.5, 0.6) is 5.75 Å². The van der Waals surface area contributed by atoms with Gasteiger partial charge in [0.15, 0.2) is 0 Å². The van der Waals surface area contributed by atoms with Gasteiger partial charge in [0, 0.05) is 30.6 Å². The fraction of sp³-hybridized carbons (Fsp3) is 0.235. The van der Waals surface area contributed by atoms with Gasteiger partial charge < -0.3 is 9.55 Å². The minimum atomic E-state index is -2.85. The first-order valence-corrected chi connectivity index (χ1v) is 7.57. The van der Waals surface area contributed by atoms with Gasteiger partial charge in [-0.2, -0.15) is 0 Å². The van der Waals surface area contributed by atoms with E-state index in [1.807, 2.05) is 24.3 Å². The molecular weight excluding hydrogens is 297 g/mol. The Labute approximate surface area is 135 Å². The fourth-order valence-corrected chi connectivity index (χ4v) is 2.27. The summed E-state index contributed by atoms with van der Waals surface area (Å²) in [5.74, 6) is 0.117. The second kappa shape index (κ2) is 8.32. The van der Waals surface area contributed by atoms with Crippen molar-refractivity contribution in [3.63, 3.8) is 0 Å². The van der Waals surface area contributed by atoms with Crippen LogP contribution in [0.1, 0.15) is 19.4 Å². The minimum Gasteiger partial charge on any atom is -0.505 e. The average Bonchev–Trinajstić information content (AvgIpc) is 2.56. The van der Waals surface area contributed by atoms with Gasteiger partial charge in [-0.1, -0.05) is 12.1 Å². The summed E-state index contributed by atoms with van der Waals surface area (Å²) in [6, 6.07) is 14.4. The van der Waals surface area contributed by atoms with Gasteiger partial charge >= 0.3 is 7.47 Å². The molecule has 0 unspecified atom stereocenters. The Morgan fingerprint density at radius 2 is 1.70 bits per heavy atom. The van der Waals surface area contributed by atoms with Crippen LogP contribution < -0.4 is 9.55 Å². The number of hydrogen-bond donors (Lipinski definition) is 0. The van der Waals surface area contributed by atoms with Crippen LogP contribution in [-0.2, 0) is 0 Å². The highest BCUT2D eigenvalue weighted by Gasteiger charge is 2.18. The summed E-state index contributed by atoms with van der Waals surface area (Å²) in [5.41, 5.74) is 2.41. The molecule has 0 saturated heterocycles. The van der Waals surface area contributed by atoms with Gasteiger partial charge in [-0.15, -0.1) is 0 Å². The molecule has 0 aromatic heterocycles. The Kier molecular flexibility index (Phi) is 6.14. The molecule has 0 saturated carbocycles. The van der Waals surface area contributed by atoms with E-state index in [-0.39, 0.29) is 5.75 Å². The van der Waals surface area contributed by atoms with Crippen LogP contribution in [0.15, 0.2) is 53.5 Å². The summed E-state index contributed by atoms with van der Waals surface area (Å²) in [5, 5.41) is 0. The summed E-state index contributed by atoms with van der Waals surface area (Å²) >= 11 is 0. The van der Waals surface area contributed by atoms with E-state index in [9.17, 15) is 8.63 Å². The van der Waals surface area contributed by atoms with Gasteiger partial charge in [-0.25, -0.2) is 8.63 Å². The van der Waals surface area contributed by atoms with Crippen LogP contribution in [0.25, 0.3) is 0 Å². The van der Waals surface area contributed by atoms with Gasteiger partial charge in [0.05, 0.1) is 5.69 Å². The molecule has 120 valence electrons. The van der Waals surface area contributed by atoms with Crippen molar-refractivity contribution in [2.45, 2.75) is 13.8 Å². The first kappa shape index (κ1) is 17.0. The SMILES string of the molecule is CCN(CC)c1ccc(N=Cc2ccccc2OB(F)F)cc1. The van der Waals surface area contributed by atoms with E-state index in [0.717, 1.165) is 24.5 Å². The lowest BCUT2D eigenvalue weighted by Gasteiger charge is -2.20. The minimum absolute atomic E-state index is 0.117. The Hall–Kier alpha value is -2.37. The van der Waals surface area contributed by atoms with Gasteiger partial charge in [0.2, 0.25) is 0 Å². The molecule has 0 spiro atoms. The first-order valence-electron chi connectivity index (χ1n) is 7.57. The first-order chi connectivity index (χ1) is 11.1. The normalized spacial score (nSPS) is 10.8. The predicted molar refractivity (Wildman–Crippen MR) is 92.3 cm³/mol. The van der Waals surface area contributed by atoms with Crippen molar-refractivity contribution in [2.24, 2.45) is 4.99 Å². The maximum absolute atomic E-state index is 12.4. The van der Waals surface area contributed by atoms with Crippen LogP contribution in [-0.4, -0.2) is 26.8 Å². The molecular formula is C17H19BF2N2O. The molecule has 2 aromatic rings. The van der Waals surface area contributed by atoms with Gasteiger partial charge in [0.25, 0.3) is 0 Å². The molecule has 6 heteroatoms. The molecule has 3 nitrogen and oxygen atoms in total. The van der Waals surface area contributed by atoms with Crippen molar-refractivity contribution in [3.05, 3.63) is 54.1 Å². The molecule has 0 aliphatic heterocycles. The highest BCUT2D eigenvalue weighted by atomic mass is 19.2. The molecule has 2 rings (SSSR count). The molecule has 0 aliphatic carbocycles. The standard InChI is InChI=1S/C17H19BF2N2O/c1-3-22(4-2)16-11-9-15(10-12-16)21-13-14-7-5-6-8-17(14)23-18(19)20/h5-13H,3-4H2,1-2H3. The second-order valence-corrected chi connectivity index (χ2v) is 4.86. The second-order valence-electron chi connectivity index (χ2n) is 4.86. The van der Waals surface area contributed by atoms with E-state index >= 15 is 0 Å². The van der Waals surface area contributed by atoms with Gasteiger partial charge in [0.1, 0.15) is 5.75 Å². The Morgan fingerprint density at radius 1 is 1.04 bits per heavy atom. The third kappa shape index (κ3) is 4.81. The third-order valence-corrected chi connectivity index (χ3v) is 3.47. The zero-order valence-electron chi connectivity index (χ0n) is 13.2. The molecule has 0 aliphatic rings. The Morgan fingerprint density at radius 3 is 2.30 bits per heavy atom. The summed E-state index contributed by atoms with van der Waals surface area (Å²) < 4.78 is 29.2. The number of nitrogens with zero attached hydrogens (tertiary/aromatic N) is 2. The lowest BCUT2D eigenvalue weighted by Crippen LogP contribution is -2.21. The predicted octanol–water partition coefficient (Wildman–Crippen LogP) is 4.59. The van der Waals surface area contributed by atoms with E-state index in [1.54, 1.807) is 18.2 Å². The molecule has 0 amide bonds. The molecule has 2 aromatic carbocycles. The molecule has 0 N–H and O–H groups in total. The van der Waals surface area contributed by atoms with E-state index in [2.05, 4.69) is 28.4 Å². The summed E-state index contributed by atoms with van der Waals surface area (Å²) in [6.45, 7) is 6.10. The quantitative estimate of drug-likeness (QED) is 0.551. The Balaban J connectivity index is 2.14. The van der Waals surface area contributed by atoms with Crippen molar-refractivity contribution < 1.29 is 13.3 Å². The van der Waals surface area contributed by atoms with Crippen LogP contribution in [0.3, 0.4) is 0 Å². The third-order valence-electron chi connectivity index (χ3n) is 3.47. The smallest absolute Gasteiger partial charge is 0.505 e. The number of halogens is 2. The van der Waals surface area contributed by atoms with Crippen molar-refractivity contribution in [1.29, 1.82) is 0 Å². The van der Waals surface area contributed by atoms with Gasteiger partial charge in [-0.05, 0) is 50.2 Å². The van der Waals surface area contributed by atoms with Crippen molar-refractivity contribution in [1.82, 2.24) is 0 Å². The average molecular weight is 316 g/mol. The molecule has 0 heterocycles. The number of para-hydroxylation sites is 1. The lowest BCUT2D eigenvalue weighted by atomic mass is 10.2. The zero-order chi connectivity index (χ0) is 16.7. The summed E-state index contributed by atoms with van der Waals surface area (Å²) in [6.07, 6.45) is 1.53. The summed E-state index contributed by atoms with van der Waals surface area (Å²) in [7, 11) is -2.85. The van der Waals surface area contributed by atoms with E-state index in [4.69, 9.17) is 0 Å². The fourth-order valence-electron chi connectivity index (χ4n) is 2.27. The van der Waals surface area contributed by atoms with Crippen molar-refractivity contribution in [3.8, 4) is 5.75 Å². The van der Waals surface area contributed by atoms with Crippen molar-refractivity contribution >= 4 is 25.1 Å². The molecule has 23 heavy (non-hydrogen) atoms. The maximum atomic E-state index is 12.4. The highest BCUT2D eigenvalue weighted by Crippen LogP contribution is 2.21. The van der Waals surface area contributed by atoms with Crippen LogP contribution >= 0.6 is 0 Å². The Bertz CT molecular complexity index is 643.